The SMILES string of the molecule is CN(C(=O)c1ccc2nc(N)c3cncn3c2c1)[C@@H](c1ccc(C(F)(F)F)cc1Cl)C(F)F. The van der Waals surface area contributed by atoms with Gasteiger partial charge in [-0.3, -0.25) is 9.20 Å². The molecular formula is C21H15ClF5N5O. The predicted octanol–water partition coefficient (Wildman–Crippen LogP) is 5.22. The largest absolute Gasteiger partial charge is 0.416 e. The minimum Gasteiger partial charge on any atom is -0.382 e. The standard InChI is InChI=1S/C21H15ClF5N5O/c1-31(17(18(23)24)12-4-3-11(7-13(12)22)21(25,26)27)20(33)10-2-5-14-15(6-10)32-9-29-8-16(32)19(28)30-14/h2-9,17-18H,1H3,(H2,28,30)/t17-/m0/s1. The van der Waals surface area contributed by atoms with E-state index < -0.39 is 35.1 Å². The van der Waals surface area contributed by atoms with Crippen molar-refractivity contribution in [3.05, 3.63) is 70.6 Å². The molecule has 2 aromatic heterocycles. The Hall–Kier alpha value is -3.47. The number of amides is 1. The Morgan fingerprint density at radius 1 is 1.15 bits per heavy atom. The number of benzene rings is 2. The summed E-state index contributed by atoms with van der Waals surface area (Å²) in [4.78, 5) is 22.1. The minimum absolute atomic E-state index is 0.0558. The molecule has 172 valence electrons. The first-order valence-electron chi connectivity index (χ1n) is 9.42. The number of carbonyl (C=O) groups excluding carboxylic acids is 1. The van der Waals surface area contributed by atoms with E-state index in [1.54, 1.807) is 4.40 Å². The third-order valence-corrected chi connectivity index (χ3v) is 5.57. The fourth-order valence-electron chi connectivity index (χ4n) is 3.59. The maximum absolute atomic E-state index is 14.0. The van der Waals surface area contributed by atoms with Gasteiger partial charge in [0.2, 0.25) is 0 Å². The molecule has 1 amide bonds. The number of hydrogen-bond acceptors (Lipinski definition) is 4. The maximum atomic E-state index is 14.0. The third-order valence-electron chi connectivity index (χ3n) is 5.25. The zero-order valence-electron chi connectivity index (χ0n) is 16.8. The van der Waals surface area contributed by atoms with Crippen LogP contribution >= 0.6 is 11.6 Å². The summed E-state index contributed by atoms with van der Waals surface area (Å²) in [7, 11) is 1.13. The molecule has 0 aliphatic heterocycles. The smallest absolute Gasteiger partial charge is 0.382 e. The second kappa shape index (κ2) is 8.14. The summed E-state index contributed by atoms with van der Waals surface area (Å²) in [6.45, 7) is 0. The molecule has 0 saturated carbocycles. The highest BCUT2D eigenvalue weighted by Gasteiger charge is 2.35. The number of nitrogens with two attached hydrogens (primary N) is 1. The van der Waals surface area contributed by atoms with E-state index in [-0.39, 0.29) is 16.9 Å². The molecule has 0 aliphatic carbocycles. The lowest BCUT2D eigenvalue weighted by atomic mass is 10.0. The van der Waals surface area contributed by atoms with Crippen LogP contribution in [0.3, 0.4) is 0 Å². The Bertz CT molecular complexity index is 1370. The topological polar surface area (TPSA) is 76.5 Å². The number of nitrogens with zero attached hydrogens (tertiary/aromatic N) is 4. The Labute approximate surface area is 188 Å². The van der Waals surface area contributed by atoms with Crippen molar-refractivity contribution in [1.82, 2.24) is 19.3 Å². The van der Waals surface area contributed by atoms with Crippen LogP contribution in [0.15, 0.2) is 48.9 Å². The van der Waals surface area contributed by atoms with E-state index in [0.29, 0.717) is 28.7 Å². The molecule has 0 aliphatic rings. The van der Waals surface area contributed by atoms with Gasteiger partial charge in [-0.05, 0) is 35.9 Å². The average Bonchev–Trinajstić information content (AvgIpc) is 3.24. The fourth-order valence-corrected chi connectivity index (χ4v) is 3.89. The molecule has 2 N–H and O–H groups in total. The van der Waals surface area contributed by atoms with Gasteiger partial charge in [-0.15, -0.1) is 0 Å². The molecule has 0 bridgehead atoms. The number of nitrogen functional groups attached to an aromatic ring is 1. The van der Waals surface area contributed by atoms with Gasteiger partial charge in [-0.2, -0.15) is 13.2 Å². The van der Waals surface area contributed by atoms with Crippen molar-refractivity contribution >= 4 is 39.9 Å². The van der Waals surface area contributed by atoms with E-state index in [4.69, 9.17) is 17.3 Å². The van der Waals surface area contributed by atoms with Gasteiger partial charge in [-0.1, -0.05) is 17.7 Å². The van der Waals surface area contributed by atoms with Gasteiger partial charge in [0.15, 0.2) is 0 Å². The molecule has 33 heavy (non-hydrogen) atoms. The molecule has 4 rings (SSSR count). The van der Waals surface area contributed by atoms with Gasteiger partial charge in [0.05, 0.1) is 29.1 Å². The number of rotatable bonds is 4. The molecule has 0 radical (unpaired) electrons. The van der Waals surface area contributed by atoms with Gasteiger partial charge in [0.1, 0.15) is 17.4 Å². The van der Waals surface area contributed by atoms with Crippen molar-refractivity contribution in [2.75, 3.05) is 12.8 Å². The van der Waals surface area contributed by atoms with Crippen LogP contribution < -0.4 is 5.73 Å². The van der Waals surface area contributed by atoms with Crippen LogP contribution in [0.1, 0.15) is 27.5 Å². The van der Waals surface area contributed by atoms with E-state index in [1.165, 1.54) is 30.7 Å². The van der Waals surface area contributed by atoms with E-state index >= 15 is 0 Å². The van der Waals surface area contributed by atoms with Crippen LogP contribution in [-0.2, 0) is 6.18 Å². The molecule has 0 unspecified atom stereocenters. The molecule has 4 aromatic rings. The Kier molecular flexibility index (Phi) is 5.61. The third kappa shape index (κ3) is 4.04. The number of hydrogen-bond donors (Lipinski definition) is 1. The quantitative estimate of drug-likeness (QED) is 0.404. The number of carbonyl (C=O) groups is 1. The van der Waals surface area contributed by atoms with E-state index in [9.17, 15) is 26.7 Å². The van der Waals surface area contributed by atoms with E-state index in [0.717, 1.165) is 18.0 Å². The van der Waals surface area contributed by atoms with Crippen LogP contribution in [0.4, 0.5) is 27.8 Å². The number of aromatic nitrogens is 3. The van der Waals surface area contributed by atoms with Crippen molar-refractivity contribution in [3.63, 3.8) is 0 Å². The molecule has 12 heteroatoms. The first-order chi connectivity index (χ1) is 15.5. The molecule has 6 nitrogen and oxygen atoms in total. The normalized spacial score (nSPS) is 13.1. The van der Waals surface area contributed by atoms with Crippen LogP contribution in [0.5, 0.6) is 0 Å². The number of halogens is 6. The highest BCUT2D eigenvalue weighted by atomic mass is 35.5. The highest BCUT2D eigenvalue weighted by molar-refractivity contribution is 6.31. The van der Waals surface area contributed by atoms with E-state index in [1.807, 2.05) is 0 Å². The Morgan fingerprint density at radius 3 is 2.52 bits per heavy atom. The summed E-state index contributed by atoms with van der Waals surface area (Å²) in [6, 6.07) is 4.55. The van der Waals surface area contributed by atoms with Crippen molar-refractivity contribution in [3.8, 4) is 0 Å². The molecule has 0 fully saturated rings. The number of anilines is 1. The fraction of sp³-hybridized carbons (Fsp3) is 0.190. The molecule has 1 atom stereocenters. The van der Waals surface area contributed by atoms with E-state index in [2.05, 4.69) is 9.97 Å². The van der Waals surface area contributed by atoms with Crippen LogP contribution in [0, 0.1) is 0 Å². The summed E-state index contributed by atoms with van der Waals surface area (Å²) in [5, 5.41) is -0.520. The summed E-state index contributed by atoms with van der Waals surface area (Å²) < 4.78 is 68.3. The van der Waals surface area contributed by atoms with Crippen LogP contribution in [0.25, 0.3) is 16.6 Å². The zero-order chi connectivity index (χ0) is 24.1. The zero-order valence-corrected chi connectivity index (χ0v) is 17.6. The highest BCUT2D eigenvalue weighted by Crippen LogP contribution is 2.37. The summed E-state index contributed by atoms with van der Waals surface area (Å²) in [6.07, 6.45) is -4.85. The van der Waals surface area contributed by atoms with Crippen molar-refractivity contribution in [2.45, 2.75) is 18.6 Å². The maximum Gasteiger partial charge on any atom is 0.416 e. The second-order valence-electron chi connectivity index (χ2n) is 7.28. The minimum atomic E-state index is -4.69. The summed E-state index contributed by atoms with van der Waals surface area (Å²) in [5.74, 6) is -0.561. The first kappa shape index (κ1) is 22.7. The first-order valence-corrected chi connectivity index (χ1v) is 9.80. The van der Waals surface area contributed by atoms with Gasteiger partial charge in [0.25, 0.3) is 12.3 Å². The number of fused-ring (bicyclic) bond motifs is 3. The van der Waals surface area contributed by atoms with Crippen molar-refractivity contribution in [2.24, 2.45) is 0 Å². The molecule has 0 spiro atoms. The van der Waals surface area contributed by atoms with Gasteiger partial charge < -0.3 is 10.6 Å². The summed E-state index contributed by atoms with van der Waals surface area (Å²) in [5.41, 5.74) is 5.99. The lowest BCUT2D eigenvalue weighted by Crippen LogP contribution is -2.35. The molecule has 0 saturated heterocycles. The lowest BCUT2D eigenvalue weighted by Gasteiger charge is -2.29. The van der Waals surface area contributed by atoms with Crippen LogP contribution in [-0.4, -0.2) is 38.6 Å². The number of alkyl halides is 5. The van der Waals surface area contributed by atoms with Crippen molar-refractivity contribution < 1.29 is 26.7 Å². The van der Waals surface area contributed by atoms with Gasteiger partial charge in [0, 0.05) is 17.6 Å². The second-order valence-corrected chi connectivity index (χ2v) is 7.69. The molecule has 2 heterocycles. The number of imidazole rings is 1. The molecular weight excluding hydrogens is 469 g/mol. The van der Waals surface area contributed by atoms with Crippen LogP contribution in [0.2, 0.25) is 5.02 Å². The Balaban J connectivity index is 1.74. The lowest BCUT2D eigenvalue weighted by molar-refractivity contribution is -0.137. The predicted molar refractivity (Wildman–Crippen MR) is 112 cm³/mol. The van der Waals surface area contributed by atoms with Gasteiger partial charge in [-0.25, -0.2) is 18.7 Å². The monoisotopic (exact) mass is 483 g/mol. The Morgan fingerprint density at radius 2 is 1.88 bits per heavy atom. The van der Waals surface area contributed by atoms with Crippen molar-refractivity contribution in [1.29, 1.82) is 0 Å². The summed E-state index contributed by atoms with van der Waals surface area (Å²) >= 11 is 5.91. The molecule has 2 aromatic carbocycles. The average molecular weight is 484 g/mol. The van der Waals surface area contributed by atoms with Gasteiger partial charge >= 0.3 is 6.18 Å².